The van der Waals surface area contributed by atoms with Crippen LogP contribution in [0, 0.1) is 0 Å². The molecule has 8 nitrogen and oxygen atoms in total. The number of carbonyl (C=O) groups is 1. The number of rotatable bonds is 5. The Labute approximate surface area is 169 Å². The van der Waals surface area contributed by atoms with Gasteiger partial charge in [0.2, 0.25) is 5.95 Å². The molecule has 10 heteroatoms. The summed E-state index contributed by atoms with van der Waals surface area (Å²) in [7, 11) is 0. The molecule has 0 bridgehead atoms. The number of thiazole rings is 1. The molecule has 0 spiro atoms. The standard InChI is InChI=1S/C18H16ClN7OS/c1-18(2,14-11(19)4-3-5-21-14)25-16-22-6-10(7-23-16)12-8-26-13(15(20)27)9-28-17(26)24-12/h3-9H,1-2H3,(H2,20,27)(H,22,23,25). The topological polar surface area (TPSA) is 111 Å². The molecule has 28 heavy (non-hydrogen) atoms. The lowest BCUT2D eigenvalue weighted by Gasteiger charge is -2.26. The quantitative estimate of drug-likeness (QED) is 0.519. The maximum absolute atomic E-state index is 11.5. The van der Waals surface area contributed by atoms with Crippen LogP contribution < -0.4 is 11.1 Å². The molecule has 4 aromatic heterocycles. The SMILES string of the molecule is CC(C)(Nc1ncc(-c2cn3c(C(N)=O)csc3n2)cn1)c1ncccc1Cl. The number of halogens is 1. The lowest BCUT2D eigenvalue weighted by atomic mass is 10.00. The minimum Gasteiger partial charge on any atom is -0.364 e. The predicted octanol–water partition coefficient (Wildman–Crippen LogP) is 3.35. The van der Waals surface area contributed by atoms with E-state index < -0.39 is 11.4 Å². The first-order valence-electron chi connectivity index (χ1n) is 8.33. The summed E-state index contributed by atoms with van der Waals surface area (Å²) in [5.74, 6) is -0.0595. The number of primary amides is 1. The first-order valence-corrected chi connectivity index (χ1v) is 9.59. The Hall–Kier alpha value is -3.04. The maximum Gasteiger partial charge on any atom is 0.266 e. The third-order valence-electron chi connectivity index (χ3n) is 4.18. The van der Waals surface area contributed by atoms with Gasteiger partial charge >= 0.3 is 0 Å². The lowest BCUT2D eigenvalue weighted by molar-refractivity contribution is 0.0995. The minimum absolute atomic E-state index is 0.395. The highest BCUT2D eigenvalue weighted by atomic mass is 35.5. The number of nitrogens with zero attached hydrogens (tertiary/aromatic N) is 5. The Kier molecular flexibility index (Phi) is 4.48. The van der Waals surface area contributed by atoms with Crippen molar-refractivity contribution in [3.8, 4) is 11.3 Å². The van der Waals surface area contributed by atoms with Crippen LogP contribution in [-0.4, -0.2) is 30.2 Å². The second-order valence-corrected chi connectivity index (χ2v) is 7.89. The Morgan fingerprint density at radius 2 is 2.04 bits per heavy atom. The van der Waals surface area contributed by atoms with Crippen LogP contribution in [0.15, 0.2) is 42.3 Å². The van der Waals surface area contributed by atoms with Crippen molar-refractivity contribution in [1.29, 1.82) is 0 Å². The van der Waals surface area contributed by atoms with Crippen molar-refractivity contribution < 1.29 is 4.79 Å². The Morgan fingerprint density at radius 1 is 1.29 bits per heavy atom. The van der Waals surface area contributed by atoms with Crippen LogP contribution in [0.1, 0.15) is 30.0 Å². The van der Waals surface area contributed by atoms with Gasteiger partial charge in [-0.25, -0.2) is 15.0 Å². The number of anilines is 1. The van der Waals surface area contributed by atoms with Crippen LogP contribution in [0.2, 0.25) is 5.02 Å². The normalized spacial score (nSPS) is 11.7. The summed E-state index contributed by atoms with van der Waals surface area (Å²) < 4.78 is 1.67. The molecule has 0 aliphatic rings. The third kappa shape index (κ3) is 3.30. The fraction of sp³-hybridized carbons (Fsp3) is 0.167. The van der Waals surface area contributed by atoms with Gasteiger partial charge in [-0.3, -0.25) is 14.2 Å². The van der Waals surface area contributed by atoms with Gasteiger partial charge in [-0.05, 0) is 26.0 Å². The van der Waals surface area contributed by atoms with E-state index in [-0.39, 0.29) is 0 Å². The van der Waals surface area contributed by atoms with Gasteiger partial charge in [0, 0.05) is 35.7 Å². The molecule has 0 saturated heterocycles. The molecule has 0 unspecified atom stereocenters. The van der Waals surface area contributed by atoms with Crippen molar-refractivity contribution in [1.82, 2.24) is 24.3 Å². The third-order valence-corrected chi connectivity index (χ3v) is 5.33. The number of nitrogens with one attached hydrogen (secondary N) is 1. The van der Waals surface area contributed by atoms with Crippen molar-refractivity contribution >= 4 is 39.8 Å². The highest BCUT2D eigenvalue weighted by Crippen LogP contribution is 2.28. The fourth-order valence-electron chi connectivity index (χ4n) is 2.81. The highest BCUT2D eigenvalue weighted by molar-refractivity contribution is 7.15. The van der Waals surface area contributed by atoms with Crippen molar-refractivity contribution in [3.63, 3.8) is 0 Å². The second kappa shape index (κ2) is 6.84. The molecule has 0 aromatic carbocycles. The minimum atomic E-state index is -0.562. The average Bonchev–Trinajstić information content (AvgIpc) is 3.22. The summed E-state index contributed by atoms with van der Waals surface area (Å²) in [5.41, 5.74) is 7.31. The number of imidazole rings is 1. The van der Waals surface area contributed by atoms with Crippen LogP contribution in [0.3, 0.4) is 0 Å². The zero-order valence-corrected chi connectivity index (χ0v) is 16.6. The number of fused-ring (bicyclic) bond motifs is 1. The van der Waals surface area contributed by atoms with Crippen molar-refractivity contribution in [3.05, 3.63) is 58.7 Å². The molecule has 142 valence electrons. The van der Waals surface area contributed by atoms with Crippen molar-refractivity contribution in [2.75, 3.05) is 5.32 Å². The number of hydrogen-bond donors (Lipinski definition) is 2. The molecule has 0 aliphatic carbocycles. The number of nitrogens with two attached hydrogens (primary N) is 1. The zero-order chi connectivity index (χ0) is 19.9. The largest absolute Gasteiger partial charge is 0.364 e. The van der Waals surface area contributed by atoms with Gasteiger partial charge in [-0.15, -0.1) is 11.3 Å². The lowest BCUT2D eigenvalue weighted by Crippen LogP contribution is -2.30. The van der Waals surface area contributed by atoms with Crippen molar-refractivity contribution in [2.45, 2.75) is 19.4 Å². The summed E-state index contributed by atoms with van der Waals surface area (Å²) in [4.78, 5) is 29.8. The van der Waals surface area contributed by atoms with E-state index in [1.165, 1.54) is 11.3 Å². The van der Waals surface area contributed by atoms with Gasteiger partial charge < -0.3 is 11.1 Å². The van der Waals surface area contributed by atoms with E-state index in [0.717, 1.165) is 5.56 Å². The number of carbonyl (C=O) groups excluding carboxylic acids is 1. The Balaban J connectivity index is 1.59. The van der Waals surface area contributed by atoms with Crippen LogP contribution in [0.5, 0.6) is 0 Å². The molecule has 0 aliphatic heterocycles. The van der Waals surface area contributed by atoms with Gasteiger partial charge in [-0.1, -0.05) is 11.6 Å². The Bertz CT molecular complexity index is 1170. The van der Waals surface area contributed by atoms with E-state index >= 15 is 0 Å². The molecule has 0 saturated carbocycles. The molecule has 1 amide bonds. The number of amides is 1. The predicted molar refractivity (Wildman–Crippen MR) is 109 cm³/mol. The van der Waals surface area contributed by atoms with Crippen molar-refractivity contribution in [2.24, 2.45) is 5.73 Å². The molecule has 4 rings (SSSR count). The maximum atomic E-state index is 11.5. The van der Waals surface area contributed by atoms with E-state index in [9.17, 15) is 4.79 Å². The fourth-order valence-corrected chi connectivity index (χ4v) is 4.03. The second-order valence-electron chi connectivity index (χ2n) is 6.64. The van der Waals surface area contributed by atoms with Gasteiger partial charge in [-0.2, -0.15) is 0 Å². The molecule has 4 heterocycles. The molecule has 0 atom stereocenters. The summed E-state index contributed by atoms with van der Waals surface area (Å²) in [5, 5.41) is 5.50. The molecular weight excluding hydrogens is 398 g/mol. The van der Waals surface area contributed by atoms with E-state index in [4.69, 9.17) is 17.3 Å². The number of hydrogen-bond acceptors (Lipinski definition) is 7. The first kappa shape index (κ1) is 18.3. The molecule has 0 radical (unpaired) electrons. The Morgan fingerprint density at radius 3 is 2.71 bits per heavy atom. The van der Waals surface area contributed by atoms with Crippen LogP contribution in [0.25, 0.3) is 16.2 Å². The molecule has 3 N–H and O–H groups in total. The summed E-state index contributed by atoms with van der Waals surface area (Å²) in [6, 6.07) is 3.58. The van der Waals surface area contributed by atoms with Gasteiger partial charge in [0.15, 0.2) is 4.96 Å². The number of pyridine rings is 1. The highest BCUT2D eigenvalue weighted by Gasteiger charge is 2.25. The summed E-state index contributed by atoms with van der Waals surface area (Å²) in [6.07, 6.45) is 6.78. The number of aromatic nitrogens is 5. The zero-order valence-electron chi connectivity index (χ0n) is 15.0. The first-order chi connectivity index (χ1) is 13.3. The summed E-state index contributed by atoms with van der Waals surface area (Å²) in [6.45, 7) is 3.90. The average molecular weight is 414 g/mol. The van der Waals surface area contributed by atoms with Gasteiger partial charge in [0.25, 0.3) is 5.91 Å². The van der Waals surface area contributed by atoms with Crippen LogP contribution in [-0.2, 0) is 5.54 Å². The smallest absolute Gasteiger partial charge is 0.266 e. The molecular formula is C18H16ClN7OS. The molecule has 4 aromatic rings. The van der Waals surface area contributed by atoms with E-state index in [1.54, 1.807) is 46.7 Å². The van der Waals surface area contributed by atoms with Gasteiger partial charge in [0.05, 0.1) is 21.9 Å². The van der Waals surface area contributed by atoms with E-state index in [0.29, 0.717) is 33.0 Å². The van der Waals surface area contributed by atoms with E-state index in [1.807, 2.05) is 13.8 Å². The summed E-state index contributed by atoms with van der Waals surface area (Å²) >= 11 is 7.60. The van der Waals surface area contributed by atoms with Gasteiger partial charge in [0.1, 0.15) is 5.69 Å². The molecule has 0 fully saturated rings. The van der Waals surface area contributed by atoms with Crippen LogP contribution in [0.4, 0.5) is 5.95 Å². The van der Waals surface area contributed by atoms with Crippen LogP contribution >= 0.6 is 22.9 Å². The van der Waals surface area contributed by atoms with E-state index in [2.05, 4.69) is 25.3 Å². The monoisotopic (exact) mass is 413 g/mol.